The molecule has 2 aromatic rings. The van der Waals surface area contributed by atoms with Gasteiger partial charge in [-0.15, -0.1) is 0 Å². The van der Waals surface area contributed by atoms with Gasteiger partial charge in [0.15, 0.2) is 0 Å². The van der Waals surface area contributed by atoms with Gasteiger partial charge < -0.3 is 15.0 Å². The monoisotopic (exact) mass is 419 g/mol. The lowest BCUT2D eigenvalue weighted by Gasteiger charge is -2.18. The van der Waals surface area contributed by atoms with E-state index in [1.54, 1.807) is 36.4 Å². The van der Waals surface area contributed by atoms with E-state index in [-0.39, 0.29) is 10.8 Å². The molecule has 7 nitrogen and oxygen atoms in total. The van der Waals surface area contributed by atoms with Crippen LogP contribution in [0.4, 0.5) is 5.69 Å². The maximum atomic E-state index is 12.6. The lowest BCUT2D eigenvalue weighted by Crippen LogP contribution is -2.27. The van der Waals surface area contributed by atoms with E-state index in [1.807, 2.05) is 0 Å². The van der Waals surface area contributed by atoms with E-state index >= 15 is 0 Å². The third kappa shape index (κ3) is 7.40. The quantitative estimate of drug-likeness (QED) is 0.585. The fourth-order valence-electron chi connectivity index (χ4n) is 2.68. The summed E-state index contributed by atoms with van der Waals surface area (Å²) in [5, 5.41) is 2.67. The molecule has 0 aliphatic carbocycles. The Hall–Kier alpha value is -2.58. The zero-order valence-electron chi connectivity index (χ0n) is 17.1. The highest BCUT2D eigenvalue weighted by Crippen LogP contribution is 2.20. The summed E-state index contributed by atoms with van der Waals surface area (Å²) in [4.78, 5) is 13.4. The van der Waals surface area contributed by atoms with Gasteiger partial charge >= 0.3 is 0 Å². The molecule has 8 heteroatoms. The molecule has 158 valence electrons. The highest BCUT2D eigenvalue weighted by molar-refractivity contribution is 7.92. The van der Waals surface area contributed by atoms with Gasteiger partial charge in [-0.2, -0.15) is 0 Å². The molecule has 0 fully saturated rings. The fourth-order valence-corrected chi connectivity index (χ4v) is 3.74. The Labute approximate surface area is 173 Å². The number of amides is 1. The summed E-state index contributed by atoms with van der Waals surface area (Å²) in [6, 6.07) is 13.2. The number of benzene rings is 2. The Morgan fingerprint density at radius 1 is 1.00 bits per heavy atom. The average molecular weight is 420 g/mol. The van der Waals surface area contributed by atoms with Crippen LogP contribution in [0.2, 0.25) is 0 Å². The minimum atomic E-state index is -3.69. The summed E-state index contributed by atoms with van der Waals surface area (Å²) in [7, 11) is -3.69. The van der Waals surface area contributed by atoms with Gasteiger partial charge in [0.1, 0.15) is 12.4 Å². The molecule has 0 saturated heterocycles. The number of nitrogens with one attached hydrogen (secondary N) is 2. The fraction of sp³-hybridized carbons (Fsp3) is 0.381. The molecule has 2 aromatic carbocycles. The highest BCUT2D eigenvalue weighted by atomic mass is 32.2. The number of sulfonamides is 1. The predicted molar refractivity (Wildman–Crippen MR) is 114 cm³/mol. The second kappa shape index (κ2) is 10.8. The van der Waals surface area contributed by atoms with Crippen molar-refractivity contribution in [3.63, 3.8) is 0 Å². The van der Waals surface area contributed by atoms with Gasteiger partial charge in [-0.3, -0.25) is 9.52 Å². The van der Waals surface area contributed by atoms with Gasteiger partial charge in [0.2, 0.25) is 5.91 Å². The number of likely N-dealkylation sites (N-methyl/N-ethyl adjacent to an activating group) is 1. The normalized spacial score (nSPS) is 11.3. The van der Waals surface area contributed by atoms with Gasteiger partial charge in [0.05, 0.1) is 4.90 Å². The number of carbonyl (C=O) groups is 1. The van der Waals surface area contributed by atoms with Crippen molar-refractivity contribution in [1.82, 2.24) is 10.2 Å². The van der Waals surface area contributed by atoms with E-state index in [9.17, 15) is 13.2 Å². The second-order valence-electron chi connectivity index (χ2n) is 6.56. The molecule has 1 amide bonds. The van der Waals surface area contributed by atoms with Crippen molar-refractivity contribution < 1.29 is 17.9 Å². The van der Waals surface area contributed by atoms with E-state index < -0.39 is 10.0 Å². The molecule has 0 radical (unpaired) electrons. The molecule has 0 atom stereocenters. The standard InChI is InChI=1S/C21H29N3O4S/c1-4-24(5-2)14-15-28-20-10-8-19(9-11-20)23-29(26,27)21-12-6-18(7-13-21)16-22-17(3)25/h6-13,23H,4-5,14-16H2,1-3H3,(H,22,25). The minimum Gasteiger partial charge on any atom is -0.492 e. The summed E-state index contributed by atoms with van der Waals surface area (Å²) in [5.74, 6) is 0.561. The van der Waals surface area contributed by atoms with Crippen LogP contribution in [0, 0.1) is 0 Å². The Morgan fingerprint density at radius 2 is 1.62 bits per heavy atom. The van der Waals surface area contributed by atoms with Crippen LogP contribution in [0.25, 0.3) is 0 Å². The van der Waals surface area contributed by atoms with Crippen molar-refractivity contribution in [2.45, 2.75) is 32.2 Å². The van der Waals surface area contributed by atoms with Gasteiger partial charge in [0.25, 0.3) is 10.0 Å². The number of hydrogen-bond acceptors (Lipinski definition) is 5. The molecule has 0 heterocycles. The first-order chi connectivity index (χ1) is 13.8. The van der Waals surface area contributed by atoms with E-state index in [0.717, 1.165) is 25.2 Å². The molecule has 2 N–H and O–H groups in total. The first kappa shape index (κ1) is 22.7. The van der Waals surface area contributed by atoms with E-state index in [0.29, 0.717) is 24.6 Å². The highest BCUT2D eigenvalue weighted by Gasteiger charge is 2.14. The average Bonchev–Trinajstić information content (AvgIpc) is 2.71. The minimum absolute atomic E-state index is 0.135. The van der Waals surface area contributed by atoms with Crippen molar-refractivity contribution in [2.24, 2.45) is 0 Å². The first-order valence-corrected chi connectivity index (χ1v) is 11.1. The topological polar surface area (TPSA) is 87.7 Å². The molecule has 0 aliphatic rings. The van der Waals surface area contributed by atoms with Crippen LogP contribution in [0.3, 0.4) is 0 Å². The van der Waals surface area contributed by atoms with E-state index in [2.05, 4.69) is 28.8 Å². The lowest BCUT2D eigenvalue weighted by atomic mass is 10.2. The largest absolute Gasteiger partial charge is 0.492 e. The Morgan fingerprint density at radius 3 is 2.17 bits per heavy atom. The zero-order chi connectivity index (χ0) is 21.3. The third-order valence-electron chi connectivity index (χ3n) is 4.45. The van der Waals surface area contributed by atoms with Crippen LogP contribution in [-0.2, 0) is 21.4 Å². The molecule has 29 heavy (non-hydrogen) atoms. The molecule has 0 aromatic heterocycles. The number of ether oxygens (including phenoxy) is 1. The summed E-state index contributed by atoms with van der Waals surface area (Å²) >= 11 is 0. The molecule has 2 rings (SSSR count). The van der Waals surface area contributed by atoms with Gasteiger partial charge in [-0.1, -0.05) is 26.0 Å². The summed E-state index contributed by atoms with van der Waals surface area (Å²) in [6.07, 6.45) is 0. The van der Waals surface area contributed by atoms with Crippen molar-refractivity contribution in [2.75, 3.05) is 31.0 Å². The van der Waals surface area contributed by atoms with E-state index in [4.69, 9.17) is 4.74 Å². The first-order valence-electron chi connectivity index (χ1n) is 9.65. The van der Waals surface area contributed by atoms with Crippen LogP contribution < -0.4 is 14.8 Å². The molecular formula is C21H29N3O4S. The Kier molecular flexibility index (Phi) is 8.48. The second-order valence-corrected chi connectivity index (χ2v) is 8.24. The Balaban J connectivity index is 1.93. The number of nitrogens with zero attached hydrogens (tertiary/aromatic N) is 1. The molecule has 0 saturated carbocycles. The van der Waals surface area contributed by atoms with Gasteiger partial charge in [-0.25, -0.2) is 8.42 Å². The third-order valence-corrected chi connectivity index (χ3v) is 5.85. The molecule has 0 aliphatic heterocycles. The van der Waals surface area contributed by atoms with Crippen LogP contribution in [0.5, 0.6) is 5.75 Å². The van der Waals surface area contributed by atoms with Crippen molar-refractivity contribution in [3.05, 3.63) is 54.1 Å². The summed E-state index contributed by atoms with van der Waals surface area (Å²) in [6.45, 7) is 9.41. The molecular weight excluding hydrogens is 390 g/mol. The SMILES string of the molecule is CCN(CC)CCOc1ccc(NS(=O)(=O)c2ccc(CNC(C)=O)cc2)cc1. The maximum absolute atomic E-state index is 12.6. The molecule has 0 unspecified atom stereocenters. The zero-order valence-corrected chi connectivity index (χ0v) is 18.0. The van der Waals surface area contributed by atoms with Crippen LogP contribution in [0.15, 0.2) is 53.4 Å². The summed E-state index contributed by atoms with van der Waals surface area (Å²) < 4.78 is 33.4. The Bertz CT molecular complexity index is 877. The summed E-state index contributed by atoms with van der Waals surface area (Å²) in [5.41, 5.74) is 1.29. The molecule has 0 bridgehead atoms. The lowest BCUT2D eigenvalue weighted by molar-refractivity contribution is -0.119. The van der Waals surface area contributed by atoms with Crippen molar-refractivity contribution in [3.8, 4) is 5.75 Å². The van der Waals surface area contributed by atoms with Crippen LogP contribution in [0.1, 0.15) is 26.3 Å². The van der Waals surface area contributed by atoms with Gasteiger partial charge in [0, 0.05) is 25.7 Å². The smallest absolute Gasteiger partial charge is 0.261 e. The van der Waals surface area contributed by atoms with Crippen LogP contribution >= 0.6 is 0 Å². The van der Waals surface area contributed by atoms with Gasteiger partial charge in [-0.05, 0) is 55.1 Å². The number of hydrogen-bond donors (Lipinski definition) is 2. The number of anilines is 1. The molecule has 0 spiro atoms. The van der Waals surface area contributed by atoms with Crippen molar-refractivity contribution >= 4 is 21.6 Å². The van der Waals surface area contributed by atoms with E-state index in [1.165, 1.54) is 19.1 Å². The predicted octanol–water partition coefficient (Wildman–Crippen LogP) is 2.84. The number of rotatable bonds is 11. The van der Waals surface area contributed by atoms with Crippen LogP contribution in [-0.4, -0.2) is 45.5 Å². The van der Waals surface area contributed by atoms with Crippen molar-refractivity contribution in [1.29, 1.82) is 0 Å². The number of carbonyl (C=O) groups excluding carboxylic acids is 1. The maximum Gasteiger partial charge on any atom is 0.261 e.